The van der Waals surface area contributed by atoms with Gasteiger partial charge in [-0.1, -0.05) is 12.1 Å². The Kier molecular flexibility index (Phi) is 6.71. The van der Waals surface area contributed by atoms with Crippen molar-refractivity contribution < 1.29 is 23.4 Å². The third-order valence-corrected chi connectivity index (χ3v) is 5.72. The normalized spacial score (nSPS) is 13.2. The minimum atomic E-state index is -1.86. The van der Waals surface area contributed by atoms with Gasteiger partial charge in [0.2, 0.25) is 0 Å². The number of ketones is 1. The van der Waals surface area contributed by atoms with Crippen molar-refractivity contribution in [1.29, 1.82) is 0 Å². The predicted molar refractivity (Wildman–Crippen MR) is 120 cm³/mol. The van der Waals surface area contributed by atoms with Crippen molar-refractivity contribution in [2.45, 2.75) is 12.1 Å². The number of carbonyl (C=O) groups excluding carboxylic acids is 1. The summed E-state index contributed by atoms with van der Waals surface area (Å²) in [7, 11) is 0. The number of nitrogens with zero attached hydrogens (tertiary/aromatic N) is 3. The number of allylic oxidation sites excluding steroid dienone is 1. The first-order valence-corrected chi connectivity index (χ1v) is 10.8. The number of hydrogen-bond donors (Lipinski definition) is 1. The fourth-order valence-electron chi connectivity index (χ4n) is 3.22. The maximum absolute atomic E-state index is 14.5. The van der Waals surface area contributed by atoms with Gasteiger partial charge in [0.1, 0.15) is 42.2 Å². The van der Waals surface area contributed by atoms with Crippen molar-refractivity contribution in [3.05, 3.63) is 106 Å². The minimum absolute atomic E-state index is 0.134. The molecule has 9 heteroatoms. The molecule has 0 saturated carbocycles. The molecule has 1 atom stereocenters. The van der Waals surface area contributed by atoms with E-state index in [0.717, 1.165) is 10.9 Å². The zero-order valence-corrected chi connectivity index (χ0v) is 18.1. The molecule has 1 N–H and O–H groups in total. The largest absolute Gasteiger partial charge is 0.490 e. The number of aromatic nitrogens is 3. The summed E-state index contributed by atoms with van der Waals surface area (Å²) in [6, 6.07) is 13.1. The van der Waals surface area contributed by atoms with Gasteiger partial charge in [-0.05, 0) is 53.9 Å². The SMILES string of the molecule is O=C(C=Cc1cccs1)c1ccc(OC[C@@](O)(Cn2cncn2)c2ccc(F)cc2F)cc1. The molecule has 0 radical (unpaired) electrons. The number of aliphatic hydroxyl groups is 1. The first kappa shape index (κ1) is 22.5. The lowest BCUT2D eigenvalue weighted by Gasteiger charge is -2.29. The topological polar surface area (TPSA) is 77.2 Å². The van der Waals surface area contributed by atoms with Crippen LogP contribution in [0.2, 0.25) is 0 Å². The summed E-state index contributed by atoms with van der Waals surface area (Å²) in [6.45, 7) is -0.513. The van der Waals surface area contributed by atoms with E-state index in [0.29, 0.717) is 17.4 Å². The molecule has 0 fully saturated rings. The number of rotatable bonds is 9. The maximum atomic E-state index is 14.5. The van der Waals surface area contributed by atoms with Gasteiger partial charge in [0.25, 0.3) is 0 Å². The van der Waals surface area contributed by atoms with Gasteiger partial charge in [0.15, 0.2) is 5.78 Å². The molecule has 4 rings (SSSR count). The Labute approximate surface area is 192 Å². The monoisotopic (exact) mass is 467 g/mol. The van der Waals surface area contributed by atoms with Crippen LogP contribution in [0.5, 0.6) is 5.75 Å². The predicted octanol–water partition coefficient (Wildman–Crippen LogP) is 4.48. The molecule has 168 valence electrons. The van der Waals surface area contributed by atoms with Crippen LogP contribution >= 0.6 is 11.3 Å². The van der Waals surface area contributed by atoms with E-state index in [1.807, 2.05) is 17.5 Å². The van der Waals surface area contributed by atoms with E-state index in [1.54, 1.807) is 30.3 Å². The Balaban J connectivity index is 1.48. The lowest BCUT2D eigenvalue weighted by atomic mass is 9.94. The van der Waals surface area contributed by atoms with Crippen molar-refractivity contribution in [2.24, 2.45) is 0 Å². The van der Waals surface area contributed by atoms with Crippen LogP contribution in [0.3, 0.4) is 0 Å². The van der Waals surface area contributed by atoms with Gasteiger partial charge in [0.05, 0.1) is 6.54 Å². The standard InChI is InChI=1S/C24H19F2N3O3S/c25-18-5-9-21(22(26)12-18)24(31,13-29-16-27-15-28-29)14-32-19-6-3-17(4-7-19)23(30)10-8-20-2-1-11-33-20/h1-12,15-16,31H,13-14H2/t24-/m0/s1. The van der Waals surface area contributed by atoms with Crippen LogP contribution in [-0.2, 0) is 12.1 Å². The summed E-state index contributed by atoms with van der Waals surface area (Å²) in [5.41, 5.74) is -1.52. The van der Waals surface area contributed by atoms with E-state index < -0.39 is 17.2 Å². The highest BCUT2D eigenvalue weighted by Gasteiger charge is 2.34. The number of benzene rings is 2. The zero-order chi connectivity index (χ0) is 23.3. The summed E-state index contributed by atoms with van der Waals surface area (Å²) in [6.07, 6.45) is 5.90. The Morgan fingerprint density at radius 3 is 2.67 bits per heavy atom. The Hall–Kier alpha value is -3.69. The third kappa shape index (κ3) is 5.57. The summed E-state index contributed by atoms with van der Waals surface area (Å²) >= 11 is 1.53. The molecule has 0 amide bonds. The van der Waals surface area contributed by atoms with Gasteiger partial charge in [-0.2, -0.15) is 5.10 Å². The van der Waals surface area contributed by atoms with E-state index >= 15 is 0 Å². The van der Waals surface area contributed by atoms with Crippen LogP contribution < -0.4 is 4.74 Å². The Morgan fingerprint density at radius 2 is 2.00 bits per heavy atom. The number of halogens is 2. The second-order valence-corrected chi connectivity index (χ2v) is 8.25. The average Bonchev–Trinajstić information content (AvgIpc) is 3.51. The number of carbonyl (C=O) groups is 1. The van der Waals surface area contributed by atoms with Crippen LogP contribution in [0, 0.1) is 11.6 Å². The lowest BCUT2D eigenvalue weighted by Crippen LogP contribution is -2.39. The Morgan fingerprint density at radius 1 is 1.18 bits per heavy atom. The van der Waals surface area contributed by atoms with Crippen molar-refractivity contribution >= 4 is 23.2 Å². The van der Waals surface area contributed by atoms with Gasteiger partial charge in [0, 0.05) is 22.1 Å². The first-order chi connectivity index (χ1) is 15.9. The molecule has 0 aliphatic rings. The van der Waals surface area contributed by atoms with Crippen molar-refractivity contribution in [2.75, 3.05) is 6.61 Å². The van der Waals surface area contributed by atoms with Crippen molar-refractivity contribution in [1.82, 2.24) is 14.8 Å². The molecule has 2 aromatic carbocycles. The van der Waals surface area contributed by atoms with Crippen molar-refractivity contribution in [3.8, 4) is 5.75 Å². The van der Waals surface area contributed by atoms with Gasteiger partial charge in [-0.15, -0.1) is 11.3 Å². The zero-order valence-electron chi connectivity index (χ0n) is 17.3. The first-order valence-electron chi connectivity index (χ1n) is 9.92. The Bertz CT molecular complexity index is 1240. The molecular formula is C24H19F2N3O3S. The summed E-state index contributed by atoms with van der Waals surface area (Å²) < 4.78 is 34.9. The molecule has 0 spiro atoms. The molecular weight excluding hydrogens is 448 g/mol. The van der Waals surface area contributed by atoms with Crippen LogP contribution in [0.4, 0.5) is 8.78 Å². The lowest BCUT2D eigenvalue weighted by molar-refractivity contribution is -0.0297. The van der Waals surface area contributed by atoms with Gasteiger partial charge in [-0.25, -0.2) is 18.4 Å². The van der Waals surface area contributed by atoms with E-state index in [9.17, 15) is 18.7 Å². The molecule has 2 heterocycles. The molecule has 6 nitrogen and oxygen atoms in total. The third-order valence-electron chi connectivity index (χ3n) is 4.88. The molecule has 0 aliphatic carbocycles. The van der Waals surface area contributed by atoms with E-state index in [2.05, 4.69) is 10.1 Å². The highest BCUT2D eigenvalue weighted by molar-refractivity contribution is 7.10. The smallest absolute Gasteiger partial charge is 0.185 e. The highest BCUT2D eigenvalue weighted by Crippen LogP contribution is 2.28. The molecule has 2 aromatic heterocycles. The second kappa shape index (κ2) is 9.85. The number of ether oxygens (including phenoxy) is 1. The van der Waals surface area contributed by atoms with Gasteiger partial charge < -0.3 is 9.84 Å². The average molecular weight is 467 g/mol. The number of thiophene rings is 1. The van der Waals surface area contributed by atoms with E-state index in [1.165, 1.54) is 40.8 Å². The fourth-order valence-corrected chi connectivity index (χ4v) is 3.83. The number of hydrogen-bond acceptors (Lipinski definition) is 6. The second-order valence-electron chi connectivity index (χ2n) is 7.27. The fraction of sp³-hybridized carbons (Fsp3) is 0.125. The van der Waals surface area contributed by atoms with E-state index in [4.69, 9.17) is 4.74 Å². The quantitative estimate of drug-likeness (QED) is 0.290. The molecule has 33 heavy (non-hydrogen) atoms. The van der Waals surface area contributed by atoms with Gasteiger partial charge in [-0.3, -0.25) is 4.79 Å². The summed E-state index contributed by atoms with van der Waals surface area (Å²) in [5, 5.41) is 17.1. The van der Waals surface area contributed by atoms with Crippen LogP contribution in [0.1, 0.15) is 20.8 Å². The molecule has 0 unspecified atom stereocenters. The van der Waals surface area contributed by atoms with E-state index in [-0.39, 0.29) is 24.5 Å². The maximum Gasteiger partial charge on any atom is 0.185 e. The molecule has 0 bridgehead atoms. The molecule has 4 aromatic rings. The van der Waals surface area contributed by atoms with Crippen LogP contribution in [-0.4, -0.2) is 32.3 Å². The van der Waals surface area contributed by atoms with Crippen LogP contribution in [0.25, 0.3) is 6.08 Å². The summed E-state index contributed by atoms with van der Waals surface area (Å²) in [4.78, 5) is 17.1. The summed E-state index contributed by atoms with van der Waals surface area (Å²) in [5.74, 6) is -1.45. The van der Waals surface area contributed by atoms with Crippen LogP contribution in [0.15, 0.2) is 78.7 Å². The molecule has 0 saturated heterocycles. The minimum Gasteiger partial charge on any atom is -0.490 e. The van der Waals surface area contributed by atoms with Crippen molar-refractivity contribution in [3.63, 3.8) is 0 Å². The van der Waals surface area contributed by atoms with Gasteiger partial charge >= 0.3 is 0 Å². The highest BCUT2D eigenvalue weighted by atomic mass is 32.1. The molecule has 0 aliphatic heterocycles.